The van der Waals surface area contributed by atoms with Crippen molar-refractivity contribution in [1.82, 2.24) is 9.97 Å². The minimum Gasteiger partial charge on any atom is -0.454 e. The van der Waals surface area contributed by atoms with E-state index in [0.717, 1.165) is 33.7 Å². The predicted molar refractivity (Wildman–Crippen MR) is 77.2 cm³/mol. The summed E-state index contributed by atoms with van der Waals surface area (Å²) >= 11 is 0. The molecule has 0 fully saturated rings. The average molecular weight is 294 g/mol. The van der Waals surface area contributed by atoms with Gasteiger partial charge < -0.3 is 18.9 Å². The van der Waals surface area contributed by atoms with Crippen molar-refractivity contribution < 1.29 is 18.9 Å². The number of nitrogens with zero attached hydrogens (tertiary/aromatic N) is 2. The maximum Gasteiger partial charge on any atom is 0.231 e. The topological polar surface area (TPSA) is 62.7 Å². The molecule has 2 aromatic carbocycles. The normalized spacial score (nSPS) is 14.5. The third-order valence-electron chi connectivity index (χ3n) is 3.78. The van der Waals surface area contributed by atoms with E-state index < -0.39 is 0 Å². The second-order valence-corrected chi connectivity index (χ2v) is 5.01. The highest BCUT2D eigenvalue weighted by molar-refractivity contribution is 5.94. The van der Waals surface area contributed by atoms with Crippen molar-refractivity contribution >= 4 is 10.9 Å². The minimum atomic E-state index is 0.235. The Labute approximate surface area is 125 Å². The molecule has 0 spiro atoms. The fourth-order valence-electron chi connectivity index (χ4n) is 2.72. The van der Waals surface area contributed by atoms with Gasteiger partial charge in [-0.2, -0.15) is 0 Å². The van der Waals surface area contributed by atoms with E-state index in [4.69, 9.17) is 18.9 Å². The highest BCUT2D eigenvalue weighted by Gasteiger charge is 2.19. The van der Waals surface area contributed by atoms with Gasteiger partial charge in [0.25, 0.3) is 0 Å². The number of hydrogen-bond acceptors (Lipinski definition) is 6. The quantitative estimate of drug-likeness (QED) is 0.687. The van der Waals surface area contributed by atoms with E-state index in [1.807, 2.05) is 30.3 Å². The van der Waals surface area contributed by atoms with Crippen molar-refractivity contribution in [1.29, 1.82) is 0 Å². The molecule has 3 aromatic rings. The van der Waals surface area contributed by atoms with Crippen molar-refractivity contribution in [2.45, 2.75) is 0 Å². The zero-order chi connectivity index (χ0) is 14.5. The van der Waals surface area contributed by atoms with Crippen molar-refractivity contribution in [3.05, 3.63) is 36.7 Å². The predicted octanol–water partition coefficient (Wildman–Crippen LogP) is 2.75. The van der Waals surface area contributed by atoms with Crippen molar-refractivity contribution in [3.8, 4) is 34.3 Å². The third kappa shape index (κ3) is 1.60. The van der Waals surface area contributed by atoms with Crippen LogP contribution in [0.4, 0.5) is 0 Å². The summed E-state index contributed by atoms with van der Waals surface area (Å²) in [6, 6.07) is 9.56. The van der Waals surface area contributed by atoms with Crippen LogP contribution in [0.1, 0.15) is 0 Å². The van der Waals surface area contributed by atoms with Gasteiger partial charge in [0.05, 0.1) is 11.2 Å². The van der Waals surface area contributed by atoms with Gasteiger partial charge in [-0.3, -0.25) is 0 Å². The highest BCUT2D eigenvalue weighted by atomic mass is 16.7. The molecule has 5 rings (SSSR count). The Hall–Kier alpha value is -3.02. The fourth-order valence-corrected chi connectivity index (χ4v) is 2.72. The van der Waals surface area contributed by atoms with E-state index in [1.54, 1.807) is 6.33 Å². The molecule has 0 saturated carbocycles. The van der Waals surface area contributed by atoms with E-state index in [-0.39, 0.29) is 13.6 Å². The summed E-state index contributed by atoms with van der Waals surface area (Å²) in [7, 11) is 0. The van der Waals surface area contributed by atoms with Gasteiger partial charge in [-0.15, -0.1) is 0 Å². The number of ether oxygens (including phenoxy) is 4. The molecule has 2 aliphatic rings. The molecule has 3 heterocycles. The van der Waals surface area contributed by atoms with E-state index in [1.165, 1.54) is 0 Å². The standard InChI is InChI=1S/C16H10N2O4/c1-2-12-13(20-7-19-12)3-9(1)16-10-4-14-15(22-8-21-14)5-11(10)17-6-18-16/h1-6H,7-8H2. The Balaban J connectivity index is 1.74. The van der Waals surface area contributed by atoms with Crippen LogP contribution >= 0.6 is 0 Å². The second kappa shape index (κ2) is 4.24. The lowest BCUT2D eigenvalue weighted by molar-refractivity contribution is 0.173. The first kappa shape index (κ1) is 11.6. The molecule has 22 heavy (non-hydrogen) atoms. The van der Waals surface area contributed by atoms with E-state index in [0.29, 0.717) is 11.5 Å². The summed E-state index contributed by atoms with van der Waals surface area (Å²) in [5.74, 6) is 2.90. The molecular formula is C16H10N2O4. The van der Waals surface area contributed by atoms with Crippen LogP contribution in [0.5, 0.6) is 23.0 Å². The summed E-state index contributed by atoms with van der Waals surface area (Å²) < 4.78 is 21.6. The number of fused-ring (bicyclic) bond motifs is 3. The van der Waals surface area contributed by atoms with Crippen molar-refractivity contribution in [3.63, 3.8) is 0 Å². The smallest absolute Gasteiger partial charge is 0.231 e. The Morgan fingerprint density at radius 2 is 1.45 bits per heavy atom. The van der Waals surface area contributed by atoms with Crippen LogP contribution in [0.3, 0.4) is 0 Å². The van der Waals surface area contributed by atoms with Crippen LogP contribution in [0.15, 0.2) is 36.7 Å². The van der Waals surface area contributed by atoms with Gasteiger partial charge >= 0.3 is 0 Å². The summed E-state index contributed by atoms with van der Waals surface area (Å²) in [5.41, 5.74) is 2.57. The first-order chi connectivity index (χ1) is 10.9. The van der Waals surface area contributed by atoms with Gasteiger partial charge in [0.15, 0.2) is 23.0 Å². The zero-order valence-corrected chi connectivity index (χ0v) is 11.4. The van der Waals surface area contributed by atoms with Crippen LogP contribution in [0.2, 0.25) is 0 Å². The third-order valence-corrected chi connectivity index (χ3v) is 3.78. The fraction of sp³-hybridized carbons (Fsp3) is 0.125. The SMILES string of the molecule is c1nc(-c2ccc3c(c2)OCO3)c2cc3c(cc2n1)OCO3. The molecule has 108 valence electrons. The molecule has 6 nitrogen and oxygen atoms in total. The number of benzene rings is 2. The lowest BCUT2D eigenvalue weighted by Crippen LogP contribution is -1.93. The van der Waals surface area contributed by atoms with Crippen molar-refractivity contribution in [2.24, 2.45) is 0 Å². The molecule has 6 heteroatoms. The largest absolute Gasteiger partial charge is 0.454 e. The Kier molecular flexibility index (Phi) is 2.24. The summed E-state index contributed by atoms with van der Waals surface area (Å²) in [6.45, 7) is 0.487. The van der Waals surface area contributed by atoms with E-state index >= 15 is 0 Å². The maximum absolute atomic E-state index is 5.45. The summed E-state index contributed by atoms with van der Waals surface area (Å²) in [5, 5.41) is 0.908. The molecular weight excluding hydrogens is 284 g/mol. The molecule has 0 radical (unpaired) electrons. The second-order valence-electron chi connectivity index (χ2n) is 5.01. The van der Waals surface area contributed by atoms with Gasteiger partial charge in [0, 0.05) is 17.0 Å². The van der Waals surface area contributed by atoms with Crippen LogP contribution in [0.25, 0.3) is 22.2 Å². The molecule has 0 atom stereocenters. The number of aromatic nitrogens is 2. The molecule has 0 unspecified atom stereocenters. The first-order valence-corrected chi connectivity index (χ1v) is 6.83. The molecule has 0 bridgehead atoms. The van der Waals surface area contributed by atoms with Crippen LogP contribution in [-0.2, 0) is 0 Å². The first-order valence-electron chi connectivity index (χ1n) is 6.83. The molecule has 0 amide bonds. The Morgan fingerprint density at radius 3 is 2.32 bits per heavy atom. The average Bonchev–Trinajstić information content (AvgIpc) is 3.19. The van der Waals surface area contributed by atoms with E-state index in [2.05, 4.69) is 9.97 Å². The Bertz CT molecular complexity index is 910. The molecule has 0 N–H and O–H groups in total. The minimum absolute atomic E-state index is 0.235. The molecule has 1 aromatic heterocycles. The van der Waals surface area contributed by atoms with Crippen molar-refractivity contribution in [2.75, 3.05) is 13.6 Å². The number of hydrogen-bond donors (Lipinski definition) is 0. The molecule has 0 aliphatic carbocycles. The number of rotatable bonds is 1. The lowest BCUT2D eigenvalue weighted by atomic mass is 10.1. The Morgan fingerprint density at radius 1 is 0.727 bits per heavy atom. The van der Waals surface area contributed by atoms with Gasteiger partial charge in [-0.25, -0.2) is 9.97 Å². The highest BCUT2D eigenvalue weighted by Crippen LogP contribution is 2.40. The zero-order valence-electron chi connectivity index (χ0n) is 11.4. The monoisotopic (exact) mass is 294 g/mol. The van der Waals surface area contributed by atoms with Gasteiger partial charge in [-0.05, 0) is 24.3 Å². The van der Waals surface area contributed by atoms with Crippen LogP contribution in [-0.4, -0.2) is 23.6 Å². The van der Waals surface area contributed by atoms with Crippen LogP contribution in [0, 0.1) is 0 Å². The van der Waals surface area contributed by atoms with Gasteiger partial charge in [-0.1, -0.05) is 0 Å². The van der Waals surface area contributed by atoms with Gasteiger partial charge in [0.2, 0.25) is 13.6 Å². The summed E-state index contributed by atoms with van der Waals surface area (Å²) in [6.07, 6.45) is 1.55. The van der Waals surface area contributed by atoms with Crippen LogP contribution < -0.4 is 18.9 Å². The van der Waals surface area contributed by atoms with E-state index in [9.17, 15) is 0 Å². The van der Waals surface area contributed by atoms with Gasteiger partial charge in [0.1, 0.15) is 6.33 Å². The molecule has 0 saturated heterocycles. The lowest BCUT2D eigenvalue weighted by Gasteiger charge is -2.07. The maximum atomic E-state index is 5.45. The summed E-state index contributed by atoms with van der Waals surface area (Å²) in [4.78, 5) is 8.74. The molecule has 2 aliphatic heterocycles.